The van der Waals surface area contributed by atoms with Gasteiger partial charge in [-0.15, -0.1) is 0 Å². The van der Waals surface area contributed by atoms with Gasteiger partial charge in [0.05, 0.1) is 12.0 Å². The minimum atomic E-state index is -0.586. The molecule has 1 amide bonds. The van der Waals surface area contributed by atoms with Crippen LogP contribution in [0.3, 0.4) is 0 Å². The maximum absolute atomic E-state index is 11.8. The van der Waals surface area contributed by atoms with Crippen LogP contribution in [-0.4, -0.2) is 36.2 Å². The van der Waals surface area contributed by atoms with Crippen LogP contribution in [0.1, 0.15) is 29.6 Å². The van der Waals surface area contributed by atoms with Gasteiger partial charge < -0.3 is 15.2 Å². The molecule has 0 heterocycles. The van der Waals surface area contributed by atoms with E-state index in [-0.39, 0.29) is 29.5 Å². The number of nitro benzene ring substituents is 1. The van der Waals surface area contributed by atoms with Gasteiger partial charge >= 0.3 is 5.69 Å². The van der Waals surface area contributed by atoms with Gasteiger partial charge in [0.1, 0.15) is 0 Å². The molecule has 0 saturated heterocycles. The third-order valence-electron chi connectivity index (χ3n) is 2.76. The summed E-state index contributed by atoms with van der Waals surface area (Å²) in [5.41, 5.74) is -0.0138. The summed E-state index contributed by atoms with van der Waals surface area (Å²) in [6.07, 6.45) is 2.27. The number of hydrogen-bond donors (Lipinski definition) is 2. The molecule has 0 aliphatic rings. The highest BCUT2D eigenvalue weighted by Crippen LogP contribution is 2.27. The lowest BCUT2D eigenvalue weighted by Gasteiger charge is -2.06. The highest BCUT2D eigenvalue weighted by atomic mass is 16.6. The van der Waals surface area contributed by atoms with Crippen LogP contribution in [0.4, 0.5) is 5.69 Å². The van der Waals surface area contributed by atoms with E-state index in [2.05, 4.69) is 5.32 Å². The summed E-state index contributed by atoms with van der Waals surface area (Å²) in [7, 11) is 1.34. The van der Waals surface area contributed by atoms with E-state index in [0.717, 1.165) is 12.8 Å². The monoisotopic (exact) mass is 282 g/mol. The number of nitro groups is 1. The van der Waals surface area contributed by atoms with Crippen LogP contribution < -0.4 is 10.1 Å². The van der Waals surface area contributed by atoms with Crippen LogP contribution >= 0.6 is 0 Å². The van der Waals surface area contributed by atoms with Crippen LogP contribution in [0.25, 0.3) is 0 Å². The van der Waals surface area contributed by atoms with Crippen molar-refractivity contribution in [2.75, 3.05) is 20.3 Å². The Morgan fingerprint density at radius 3 is 2.75 bits per heavy atom. The first-order chi connectivity index (χ1) is 9.60. The first-order valence-corrected chi connectivity index (χ1v) is 6.31. The third-order valence-corrected chi connectivity index (χ3v) is 2.76. The summed E-state index contributed by atoms with van der Waals surface area (Å²) in [4.78, 5) is 22.1. The van der Waals surface area contributed by atoms with E-state index in [1.807, 2.05) is 0 Å². The van der Waals surface area contributed by atoms with Crippen LogP contribution in [0.5, 0.6) is 5.75 Å². The molecule has 1 aromatic rings. The lowest BCUT2D eigenvalue weighted by atomic mass is 10.1. The number of nitrogens with one attached hydrogen (secondary N) is 1. The molecule has 110 valence electrons. The lowest BCUT2D eigenvalue weighted by Crippen LogP contribution is -2.24. The molecule has 7 nitrogen and oxygen atoms in total. The second-order valence-electron chi connectivity index (χ2n) is 4.18. The van der Waals surface area contributed by atoms with E-state index in [1.54, 1.807) is 0 Å². The predicted octanol–water partition coefficient (Wildman–Crippen LogP) is 1.50. The van der Waals surface area contributed by atoms with Gasteiger partial charge in [0.25, 0.3) is 5.91 Å². The Labute approximate surface area is 116 Å². The molecule has 0 atom stereocenters. The molecular formula is C13H18N2O5. The van der Waals surface area contributed by atoms with Crippen molar-refractivity contribution in [2.45, 2.75) is 19.3 Å². The number of amides is 1. The molecule has 0 unspecified atom stereocenters. The SMILES string of the molecule is COc1ccc(C(=O)NCCCCCO)cc1[N+](=O)[O-]. The van der Waals surface area contributed by atoms with E-state index in [1.165, 1.54) is 25.3 Å². The Kier molecular flexibility index (Phi) is 6.45. The summed E-state index contributed by atoms with van der Waals surface area (Å²) in [6, 6.07) is 4.08. The fourth-order valence-corrected chi connectivity index (χ4v) is 1.69. The largest absolute Gasteiger partial charge is 0.490 e. The molecule has 2 N–H and O–H groups in total. The maximum atomic E-state index is 11.8. The number of nitrogens with zero attached hydrogens (tertiary/aromatic N) is 1. The number of methoxy groups -OCH3 is 1. The second-order valence-corrected chi connectivity index (χ2v) is 4.18. The minimum absolute atomic E-state index is 0.120. The predicted molar refractivity (Wildman–Crippen MR) is 72.9 cm³/mol. The third kappa shape index (κ3) is 4.51. The molecule has 20 heavy (non-hydrogen) atoms. The van der Waals surface area contributed by atoms with Gasteiger partial charge in [-0.3, -0.25) is 14.9 Å². The van der Waals surface area contributed by atoms with Crippen LogP contribution in [0.15, 0.2) is 18.2 Å². The summed E-state index contributed by atoms with van der Waals surface area (Å²) < 4.78 is 4.87. The molecule has 0 radical (unpaired) electrons. The van der Waals surface area contributed by atoms with Gasteiger partial charge in [-0.25, -0.2) is 0 Å². The van der Waals surface area contributed by atoms with Crippen molar-refractivity contribution >= 4 is 11.6 Å². The summed E-state index contributed by atoms with van der Waals surface area (Å²) in [5, 5.41) is 22.2. The van der Waals surface area contributed by atoms with Gasteiger partial charge in [0.2, 0.25) is 0 Å². The summed E-state index contributed by atoms with van der Waals surface area (Å²) in [5.74, 6) is -0.241. The first kappa shape index (κ1) is 15.9. The Hall–Kier alpha value is -2.15. The minimum Gasteiger partial charge on any atom is -0.490 e. The van der Waals surface area contributed by atoms with Gasteiger partial charge in [0.15, 0.2) is 5.75 Å². The topological polar surface area (TPSA) is 102 Å². The van der Waals surface area contributed by atoms with Crippen molar-refractivity contribution in [2.24, 2.45) is 0 Å². The van der Waals surface area contributed by atoms with Crippen molar-refractivity contribution in [3.63, 3.8) is 0 Å². The Morgan fingerprint density at radius 1 is 1.40 bits per heavy atom. The molecule has 0 aromatic heterocycles. The number of aliphatic hydroxyl groups excluding tert-OH is 1. The normalized spacial score (nSPS) is 10.1. The number of carbonyl (C=O) groups excluding carboxylic acids is 1. The van der Waals surface area contributed by atoms with Crippen LogP contribution in [0.2, 0.25) is 0 Å². The Morgan fingerprint density at radius 2 is 2.15 bits per heavy atom. The van der Waals surface area contributed by atoms with E-state index in [9.17, 15) is 14.9 Å². The molecule has 1 rings (SSSR count). The fourth-order valence-electron chi connectivity index (χ4n) is 1.69. The highest BCUT2D eigenvalue weighted by Gasteiger charge is 2.17. The molecule has 0 spiro atoms. The zero-order valence-electron chi connectivity index (χ0n) is 11.3. The van der Waals surface area contributed by atoms with Crippen LogP contribution in [-0.2, 0) is 0 Å². The zero-order valence-corrected chi connectivity index (χ0v) is 11.3. The molecule has 0 aliphatic carbocycles. The molecule has 1 aromatic carbocycles. The molecular weight excluding hydrogens is 264 g/mol. The molecule has 0 fully saturated rings. The Bertz CT molecular complexity index is 476. The zero-order chi connectivity index (χ0) is 15.0. The van der Waals surface area contributed by atoms with Gasteiger partial charge in [-0.05, 0) is 31.4 Å². The number of carbonyl (C=O) groups is 1. The van der Waals surface area contributed by atoms with Gasteiger partial charge in [-0.2, -0.15) is 0 Å². The van der Waals surface area contributed by atoms with Gasteiger partial charge in [-0.1, -0.05) is 0 Å². The number of rotatable bonds is 8. The van der Waals surface area contributed by atoms with Crippen molar-refractivity contribution in [1.82, 2.24) is 5.32 Å². The number of benzene rings is 1. The lowest BCUT2D eigenvalue weighted by molar-refractivity contribution is -0.385. The standard InChI is InChI=1S/C13H18N2O5/c1-20-12-6-5-10(9-11(12)15(18)19)13(17)14-7-3-2-4-8-16/h5-6,9,16H,2-4,7-8H2,1H3,(H,14,17). The Balaban J connectivity index is 2.64. The average Bonchev–Trinajstić information content (AvgIpc) is 2.46. The van der Waals surface area contributed by atoms with E-state index in [0.29, 0.717) is 13.0 Å². The number of aliphatic hydroxyl groups is 1. The fraction of sp³-hybridized carbons (Fsp3) is 0.462. The van der Waals surface area contributed by atoms with E-state index >= 15 is 0 Å². The van der Waals surface area contributed by atoms with Gasteiger partial charge in [0, 0.05) is 24.8 Å². The average molecular weight is 282 g/mol. The van der Waals surface area contributed by atoms with Crippen molar-refractivity contribution in [3.05, 3.63) is 33.9 Å². The van der Waals surface area contributed by atoms with Crippen molar-refractivity contribution in [1.29, 1.82) is 0 Å². The highest BCUT2D eigenvalue weighted by molar-refractivity contribution is 5.95. The van der Waals surface area contributed by atoms with E-state index in [4.69, 9.17) is 9.84 Å². The van der Waals surface area contributed by atoms with E-state index < -0.39 is 4.92 Å². The van der Waals surface area contributed by atoms with Crippen molar-refractivity contribution < 1.29 is 19.6 Å². The summed E-state index contributed by atoms with van der Waals surface area (Å²) >= 11 is 0. The number of unbranched alkanes of at least 4 members (excludes halogenated alkanes) is 2. The first-order valence-electron chi connectivity index (χ1n) is 6.31. The second kappa shape index (κ2) is 8.11. The summed E-state index contributed by atoms with van der Waals surface area (Å²) in [6.45, 7) is 0.608. The smallest absolute Gasteiger partial charge is 0.311 e. The quantitative estimate of drug-likeness (QED) is 0.427. The number of ether oxygens (including phenoxy) is 1. The van der Waals surface area contributed by atoms with Crippen LogP contribution in [0, 0.1) is 10.1 Å². The molecule has 0 saturated carbocycles. The maximum Gasteiger partial charge on any atom is 0.311 e. The molecule has 0 bridgehead atoms. The molecule has 7 heteroatoms. The molecule has 0 aliphatic heterocycles. The van der Waals surface area contributed by atoms with Crippen molar-refractivity contribution in [3.8, 4) is 5.75 Å². The number of hydrogen-bond acceptors (Lipinski definition) is 5.